The molecule has 126 valence electrons. The average molecular weight is 349 g/mol. The van der Waals surface area contributed by atoms with Crippen molar-refractivity contribution in [2.45, 2.75) is 19.3 Å². The van der Waals surface area contributed by atoms with E-state index in [4.69, 9.17) is 17.3 Å². The van der Waals surface area contributed by atoms with Crippen LogP contribution in [-0.2, 0) is 0 Å². The number of amides is 1. The van der Waals surface area contributed by atoms with E-state index in [0.717, 1.165) is 17.5 Å². The van der Waals surface area contributed by atoms with Gasteiger partial charge in [-0.2, -0.15) is 0 Å². The Balaban J connectivity index is 1.91. The molecule has 0 saturated carbocycles. The highest BCUT2D eigenvalue weighted by atomic mass is 35.5. The number of phenols is 1. The molecule has 1 atom stereocenters. The Kier molecular flexibility index (Phi) is 4.37. The Morgan fingerprint density at radius 2 is 2.17 bits per heavy atom. The van der Waals surface area contributed by atoms with Gasteiger partial charge in [0.05, 0.1) is 11.3 Å². The van der Waals surface area contributed by atoms with Crippen molar-refractivity contribution >= 4 is 23.2 Å². The monoisotopic (exact) mass is 348 g/mol. The van der Waals surface area contributed by atoms with E-state index in [1.165, 1.54) is 6.07 Å². The molecule has 24 heavy (non-hydrogen) atoms. The van der Waals surface area contributed by atoms with Crippen molar-refractivity contribution in [3.63, 3.8) is 0 Å². The van der Waals surface area contributed by atoms with E-state index in [-0.39, 0.29) is 17.2 Å². The predicted molar refractivity (Wildman–Crippen MR) is 92.3 cm³/mol. The first-order valence-electron chi connectivity index (χ1n) is 7.70. The fourth-order valence-corrected chi connectivity index (χ4v) is 3.43. The quantitative estimate of drug-likeness (QED) is 0.890. The van der Waals surface area contributed by atoms with E-state index < -0.39 is 11.7 Å². The van der Waals surface area contributed by atoms with E-state index in [2.05, 4.69) is 0 Å². The highest BCUT2D eigenvalue weighted by Crippen LogP contribution is 2.38. The summed E-state index contributed by atoms with van der Waals surface area (Å²) in [4.78, 5) is 13.5. The molecule has 1 saturated heterocycles. The minimum Gasteiger partial charge on any atom is -0.508 e. The molecule has 1 amide bonds. The number of aryl methyl sites for hydroxylation is 1. The maximum Gasteiger partial charge on any atom is 0.253 e. The number of nitrogens with zero attached hydrogens (tertiary/aromatic N) is 1. The topological polar surface area (TPSA) is 66.6 Å². The molecule has 1 aliphatic heterocycles. The Morgan fingerprint density at radius 3 is 2.88 bits per heavy atom. The lowest BCUT2D eigenvalue weighted by Crippen LogP contribution is -2.25. The summed E-state index contributed by atoms with van der Waals surface area (Å²) < 4.78 is 14.0. The number of primary amides is 1. The highest BCUT2D eigenvalue weighted by molar-refractivity contribution is 6.31. The van der Waals surface area contributed by atoms with E-state index in [1.54, 1.807) is 18.2 Å². The van der Waals surface area contributed by atoms with Crippen molar-refractivity contribution in [3.05, 3.63) is 57.9 Å². The van der Waals surface area contributed by atoms with Crippen LogP contribution < -0.4 is 10.6 Å². The number of hydrogen-bond donors (Lipinski definition) is 2. The molecular weight excluding hydrogens is 331 g/mol. The first-order valence-corrected chi connectivity index (χ1v) is 8.08. The van der Waals surface area contributed by atoms with E-state index in [9.17, 15) is 14.3 Å². The van der Waals surface area contributed by atoms with Gasteiger partial charge in [0.1, 0.15) is 11.6 Å². The van der Waals surface area contributed by atoms with Crippen LogP contribution in [0.2, 0.25) is 5.02 Å². The van der Waals surface area contributed by atoms with Gasteiger partial charge in [-0.05, 0) is 42.7 Å². The molecule has 1 heterocycles. The summed E-state index contributed by atoms with van der Waals surface area (Å²) >= 11 is 6.03. The zero-order chi connectivity index (χ0) is 17.4. The minimum atomic E-state index is -0.781. The molecule has 2 aromatic rings. The number of benzene rings is 2. The van der Waals surface area contributed by atoms with Crippen LogP contribution in [0.3, 0.4) is 0 Å². The van der Waals surface area contributed by atoms with Crippen molar-refractivity contribution in [3.8, 4) is 5.75 Å². The lowest BCUT2D eigenvalue weighted by Gasteiger charge is -2.22. The number of aromatic hydroxyl groups is 1. The second-order valence-corrected chi connectivity index (χ2v) is 6.50. The molecule has 6 heteroatoms. The standard InChI is InChI=1S/C18H18ClFN2O2/c1-10-7-12(16(23)8-13(10)19)11-5-6-22(9-11)15-4-2-3-14(20)17(15)18(21)24/h2-4,7-8,11,23H,5-6,9H2,1H3,(H2,21,24). The van der Waals surface area contributed by atoms with Crippen LogP contribution in [0, 0.1) is 12.7 Å². The van der Waals surface area contributed by atoms with Gasteiger partial charge in [0, 0.05) is 24.0 Å². The van der Waals surface area contributed by atoms with Crippen molar-refractivity contribution in [2.75, 3.05) is 18.0 Å². The number of halogens is 2. The molecule has 1 aliphatic rings. The molecule has 2 aromatic carbocycles. The van der Waals surface area contributed by atoms with Gasteiger partial charge in [-0.25, -0.2) is 4.39 Å². The molecule has 3 rings (SSSR count). The highest BCUT2D eigenvalue weighted by Gasteiger charge is 2.29. The van der Waals surface area contributed by atoms with Crippen LogP contribution in [0.5, 0.6) is 5.75 Å². The summed E-state index contributed by atoms with van der Waals surface area (Å²) in [6.45, 7) is 3.10. The average Bonchev–Trinajstić information content (AvgIpc) is 2.99. The fourth-order valence-electron chi connectivity index (χ4n) is 3.27. The van der Waals surface area contributed by atoms with Crippen LogP contribution in [0.15, 0.2) is 30.3 Å². The van der Waals surface area contributed by atoms with Crippen molar-refractivity contribution < 1.29 is 14.3 Å². The number of rotatable bonds is 3. The van der Waals surface area contributed by atoms with Crippen LogP contribution in [-0.4, -0.2) is 24.1 Å². The number of hydrogen-bond acceptors (Lipinski definition) is 3. The predicted octanol–water partition coefficient (Wildman–Crippen LogP) is 3.59. The molecule has 0 bridgehead atoms. The molecule has 0 radical (unpaired) electrons. The lowest BCUT2D eigenvalue weighted by atomic mass is 9.96. The largest absolute Gasteiger partial charge is 0.508 e. The number of anilines is 1. The zero-order valence-electron chi connectivity index (χ0n) is 13.2. The molecule has 0 aromatic heterocycles. The third kappa shape index (κ3) is 2.91. The summed E-state index contributed by atoms with van der Waals surface area (Å²) in [7, 11) is 0. The molecule has 3 N–H and O–H groups in total. The van der Waals surface area contributed by atoms with Crippen molar-refractivity contribution in [2.24, 2.45) is 5.73 Å². The second-order valence-electron chi connectivity index (χ2n) is 6.09. The molecule has 1 fully saturated rings. The van der Waals surface area contributed by atoms with Gasteiger partial charge < -0.3 is 15.7 Å². The smallest absolute Gasteiger partial charge is 0.253 e. The van der Waals surface area contributed by atoms with Gasteiger partial charge >= 0.3 is 0 Å². The van der Waals surface area contributed by atoms with Gasteiger partial charge in [-0.15, -0.1) is 0 Å². The van der Waals surface area contributed by atoms with Gasteiger partial charge in [0.25, 0.3) is 5.91 Å². The SMILES string of the molecule is Cc1cc(C2CCN(c3cccc(F)c3C(N)=O)C2)c(O)cc1Cl. The molecular formula is C18H18ClFN2O2. The summed E-state index contributed by atoms with van der Waals surface area (Å²) in [5.41, 5.74) is 7.45. The Bertz CT molecular complexity index is 810. The van der Waals surface area contributed by atoms with Gasteiger partial charge in [-0.1, -0.05) is 23.7 Å². The van der Waals surface area contributed by atoms with Gasteiger partial charge in [-0.3, -0.25) is 4.79 Å². The molecule has 1 unspecified atom stereocenters. The van der Waals surface area contributed by atoms with Crippen LogP contribution in [0.25, 0.3) is 0 Å². The Labute approximate surface area is 144 Å². The van der Waals surface area contributed by atoms with E-state index >= 15 is 0 Å². The summed E-state index contributed by atoms with van der Waals surface area (Å²) in [5.74, 6) is -1.16. The summed E-state index contributed by atoms with van der Waals surface area (Å²) in [6.07, 6.45) is 0.781. The number of carbonyl (C=O) groups is 1. The molecule has 4 nitrogen and oxygen atoms in total. The van der Waals surface area contributed by atoms with Crippen LogP contribution >= 0.6 is 11.6 Å². The van der Waals surface area contributed by atoms with Crippen molar-refractivity contribution in [1.29, 1.82) is 0 Å². The summed E-state index contributed by atoms with van der Waals surface area (Å²) in [6, 6.07) is 7.91. The number of phenolic OH excluding ortho intramolecular Hbond substituents is 1. The Morgan fingerprint density at radius 1 is 1.42 bits per heavy atom. The molecule has 0 aliphatic carbocycles. The zero-order valence-corrected chi connectivity index (χ0v) is 14.0. The van der Waals surface area contributed by atoms with Crippen LogP contribution in [0.4, 0.5) is 10.1 Å². The maximum atomic E-state index is 14.0. The van der Waals surface area contributed by atoms with Crippen LogP contribution in [0.1, 0.15) is 33.8 Å². The number of nitrogens with two attached hydrogens (primary N) is 1. The Hall–Kier alpha value is -2.27. The van der Waals surface area contributed by atoms with E-state index in [0.29, 0.717) is 23.8 Å². The van der Waals surface area contributed by atoms with Gasteiger partial charge in [0.2, 0.25) is 0 Å². The summed E-state index contributed by atoms with van der Waals surface area (Å²) in [5, 5.41) is 10.7. The minimum absolute atomic E-state index is 0.0740. The molecule has 0 spiro atoms. The first kappa shape index (κ1) is 16.6. The van der Waals surface area contributed by atoms with Gasteiger partial charge in [0.15, 0.2) is 0 Å². The fraction of sp³-hybridized carbons (Fsp3) is 0.278. The first-order chi connectivity index (χ1) is 11.4. The normalized spacial score (nSPS) is 17.3. The number of carbonyl (C=O) groups excluding carboxylic acids is 1. The van der Waals surface area contributed by atoms with E-state index in [1.807, 2.05) is 17.9 Å². The maximum absolute atomic E-state index is 14.0. The second kappa shape index (κ2) is 6.32. The third-order valence-electron chi connectivity index (χ3n) is 4.51. The third-order valence-corrected chi connectivity index (χ3v) is 4.92. The van der Waals surface area contributed by atoms with Crippen molar-refractivity contribution in [1.82, 2.24) is 0 Å². The lowest BCUT2D eigenvalue weighted by molar-refractivity contribution is 0.0997.